The fraction of sp³-hybridized carbons (Fsp3) is 0.143. The summed E-state index contributed by atoms with van der Waals surface area (Å²) in [7, 11) is 0. The molecule has 0 atom stereocenters. The van der Waals surface area contributed by atoms with Gasteiger partial charge in [-0.3, -0.25) is 19.1 Å². The third-order valence-electron chi connectivity index (χ3n) is 4.33. The van der Waals surface area contributed by atoms with Crippen LogP contribution in [0.15, 0.2) is 53.6 Å². The summed E-state index contributed by atoms with van der Waals surface area (Å²) in [4.78, 5) is 29.4. The first kappa shape index (κ1) is 20.1. The van der Waals surface area contributed by atoms with Crippen LogP contribution in [0.5, 0.6) is 11.6 Å². The summed E-state index contributed by atoms with van der Waals surface area (Å²) in [6.07, 6.45) is 3.11. The van der Waals surface area contributed by atoms with E-state index in [1.807, 2.05) is 6.07 Å². The largest absolute Gasteiger partial charge is 0.494 e. The third kappa shape index (κ3) is 4.28. The predicted octanol–water partition coefficient (Wildman–Crippen LogP) is 3.09. The summed E-state index contributed by atoms with van der Waals surface area (Å²) >= 11 is 5.82. The zero-order valence-electron chi connectivity index (χ0n) is 15.4. The van der Waals surface area contributed by atoms with Crippen molar-refractivity contribution in [3.8, 4) is 17.7 Å². The van der Waals surface area contributed by atoms with E-state index in [0.717, 1.165) is 4.57 Å². The molecule has 0 aliphatic rings. The van der Waals surface area contributed by atoms with Crippen molar-refractivity contribution in [1.29, 1.82) is 5.26 Å². The Morgan fingerprint density at radius 2 is 2.03 bits per heavy atom. The average molecular weight is 410 g/mol. The summed E-state index contributed by atoms with van der Waals surface area (Å²) in [5.41, 5.74) is -0.266. The molecule has 2 heterocycles. The first-order valence-corrected chi connectivity index (χ1v) is 8.97. The average Bonchev–Trinajstić information content (AvgIpc) is 2.72. The minimum atomic E-state index is -0.679. The first-order chi connectivity index (χ1) is 13.9. The number of pyridine rings is 2. The second-order valence-corrected chi connectivity index (χ2v) is 6.67. The maximum absolute atomic E-state index is 12.8. The maximum atomic E-state index is 12.8. The van der Waals surface area contributed by atoms with Crippen molar-refractivity contribution in [3.63, 3.8) is 0 Å². The van der Waals surface area contributed by atoms with E-state index in [1.54, 1.807) is 42.6 Å². The summed E-state index contributed by atoms with van der Waals surface area (Å²) in [6, 6.07) is 11.7. The van der Waals surface area contributed by atoms with Gasteiger partial charge in [0.05, 0.1) is 12.1 Å². The zero-order chi connectivity index (χ0) is 21.0. The molecule has 29 heavy (non-hydrogen) atoms. The maximum Gasteiger partial charge on any atom is 0.271 e. The highest BCUT2D eigenvalue weighted by Gasteiger charge is 2.24. The van der Waals surface area contributed by atoms with Gasteiger partial charge in [0.25, 0.3) is 5.56 Å². The van der Waals surface area contributed by atoms with Crippen molar-refractivity contribution in [1.82, 2.24) is 9.55 Å². The van der Waals surface area contributed by atoms with E-state index in [0.29, 0.717) is 16.3 Å². The van der Waals surface area contributed by atoms with Gasteiger partial charge in [-0.25, -0.2) is 0 Å². The van der Waals surface area contributed by atoms with Gasteiger partial charge in [0, 0.05) is 17.4 Å². The van der Waals surface area contributed by atoms with Gasteiger partial charge in [0.2, 0.25) is 11.7 Å². The van der Waals surface area contributed by atoms with Crippen LogP contribution in [0.1, 0.15) is 27.0 Å². The molecule has 1 aromatic carbocycles. The van der Waals surface area contributed by atoms with Crippen LogP contribution in [0.2, 0.25) is 5.02 Å². The predicted molar refractivity (Wildman–Crippen MR) is 106 cm³/mol. The number of Topliss-reactive ketones (excluding diaryl/α,β-unsaturated/α-hetero) is 1. The van der Waals surface area contributed by atoms with Crippen molar-refractivity contribution in [2.24, 2.45) is 0 Å². The van der Waals surface area contributed by atoms with Crippen LogP contribution < -0.4 is 10.3 Å². The second kappa shape index (κ2) is 8.59. The van der Waals surface area contributed by atoms with Crippen LogP contribution in [-0.4, -0.2) is 27.0 Å². The molecule has 3 rings (SSSR count). The van der Waals surface area contributed by atoms with E-state index in [2.05, 4.69) is 4.98 Å². The Morgan fingerprint density at radius 3 is 2.66 bits per heavy atom. The molecule has 8 heteroatoms. The quantitative estimate of drug-likeness (QED) is 0.627. The molecule has 146 valence electrons. The van der Waals surface area contributed by atoms with Crippen LogP contribution in [0, 0.1) is 18.3 Å². The minimum Gasteiger partial charge on any atom is -0.494 e. The van der Waals surface area contributed by atoms with Gasteiger partial charge in [-0.1, -0.05) is 17.7 Å². The number of rotatable bonds is 6. The van der Waals surface area contributed by atoms with E-state index >= 15 is 0 Å². The molecule has 0 saturated carbocycles. The third-order valence-corrected chi connectivity index (χ3v) is 4.58. The molecule has 0 aliphatic heterocycles. The molecular formula is C21H16ClN3O4. The second-order valence-electron chi connectivity index (χ2n) is 6.23. The van der Waals surface area contributed by atoms with Gasteiger partial charge in [-0.2, -0.15) is 5.26 Å². The summed E-state index contributed by atoms with van der Waals surface area (Å²) in [5.74, 6) is -0.657. The van der Waals surface area contributed by atoms with Gasteiger partial charge in [0.1, 0.15) is 17.4 Å². The molecule has 0 bridgehead atoms. The Bertz CT molecular complexity index is 1150. The first-order valence-electron chi connectivity index (χ1n) is 8.59. The molecule has 0 amide bonds. The fourth-order valence-corrected chi connectivity index (χ4v) is 2.98. The number of aromatic hydroxyl groups is 1. The highest BCUT2D eigenvalue weighted by molar-refractivity contribution is 6.30. The van der Waals surface area contributed by atoms with Gasteiger partial charge >= 0.3 is 0 Å². The van der Waals surface area contributed by atoms with Gasteiger partial charge in [0.15, 0.2) is 6.61 Å². The van der Waals surface area contributed by atoms with Crippen molar-refractivity contribution in [2.75, 3.05) is 6.61 Å². The van der Waals surface area contributed by atoms with Crippen LogP contribution in [-0.2, 0) is 6.54 Å². The van der Waals surface area contributed by atoms with Crippen molar-refractivity contribution < 1.29 is 14.6 Å². The van der Waals surface area contributed by atoms with E-state index in [9.17, 15) is 20.0 Å². The van der Waals surface area contributed by atoms with Crippen molar-refractivity contribution in [3.05, 3.63) is 86.4 Å². The van der Waals surface area contributed by atoms with E-state index in [4.69, 9.17) is 16.3 Å². The number of ketones is 1. The number of nitriles is 1. The lowest BCUT2D eigenvalue weighted by atomic mass is 10.0. The number of carbonyl (C=O) groups excluding carboxylic acids is 1. The number of aromatic nitrogens is 2. The Labute approximate surface area is 171 Å². The summed E-state index contributed by atoms with van der Waals surface area (Å²) < 4.78 is 6.43. The zero-order valence-corrected chi connectivity index (χ0v) is 16.2. The van der Waals surface area contributed by atoms with E-state index < -0.39 is 17.2 Å². The minimum absolute atomic E-state index is 0.0359. The smallest absolute Gasteiger partial charge is 0.271 e. The molecule has 2 aromatic heterocycles. The number of hydrogen-bond donors (Lipinski definition) is 1. The normalized spacial score (nSPS) is 10.4. The molecule has 0 aliphatic carbocycles. The molecule has 0 unspecified atom stereocenters. The molecule has 0 spiro atoms. The van der Waals surface area contributed by atoms with Crippen LogP contribution in [0.25, 0.3) is 0 Å². The monoisotopic (exact) mass is 409 g/mol. The topological polar surface area (TPSA) is 105 Å². The lowest BCUT2D eigenvalue weighted by Crippen LogP contribution is -2.28. The van der Waals surface area contributed by atoms with Crippen LogP contribution in [0.3, 0.4) is 0 Å². The number of benzene rings is 1. The van der Waals surface area contributed by atoms with E-state index in [-0.39, 0.29) is 29.8 Å². The Hall–Kier alpha value is -3.63. The van der Waals surface area contributed by atoms with E-state index in [1.165, 1.54) is 13.1 Å². The summed E-state index contributed by atoms with van der Waals surface area (Å²) in [6.45, 7) is 1.03. The Balaban J connectivity index is 1.97. The standard InChI is InChI=1S/C21H16ClN3O4/c1-13-17(9-23)20(27)25(11-14-3-2-8-24-10-14)21(28)19(13)18(26)12-29-16-6-4-15(22)5-7-16/h2-8,10,28H,11-12H2,1H3. The number of carbonyl (C=O) groups is 1. The Morgan fingerprint density at radius 1 is 1.31 bits per heavy atom. The van der Waals surface area contributed by atoms with Crippen molar-refractivity contribution in [2.45, 2.75) is 13.5 Å². The highest BCUT2D eigenvalue weighted by Crippen LogP contribution is 2.24. The number of nitrogens with zero attached hydrogens (tertiary/aromatic N) is 3. The summed E-state index contributed by atoms with van der Waals surface area (Å²) in [5, 5.41) is 20.6. The fourth-order valence-electron chi connectivity index (χ4n) is 2.86. The van der Waals surface area contributed by atoms with Crippen LogP contribution >= 0.6 is 11.6 Å². The molecular weight excluding hydrogens is 394 g/mol. The molecule has 3 aromatic rings. The Kier molecular flexibility index (Phi) is 5.96. The van der Waals surface area contributed by atoms with Crippen LogP contribution in [0.4, 0.5) is 0 Å². The lowest BCUT2D eigenvalue weighted by Gasteiger charge is -2.15. The van der Waals surface area contributed by atoms with Crippen molar-refractivity contribution >= 4 is 17.4 Å². The molecule has 0 radical (unpaired) electrons. The SMILES string of the molecule is Cc1c(C(=O)COc2ccc(Cl)cc2)c(O)n(Cc2cccnc2)c(=O)c1C#N. The lowest BCUT2D eigenvalue weighted by molar-refractivity contribution is 0.0916. The molecule has 0 fully saturated rings. The highest BCUT2D eigenvalue weighted by atomic mass is 35.5. The van der Waals surface area contributed by atoms with Gasteiger partial charge < -0.3 is 9.84 Å². The molecule has 7 nitrogen and oxygen atoms in total. The molecule has 0 saturated heterocycles. The van der Waals surface area contributed by atoms with Gasteiger partial charge in [-0.15, -0.1) is 0 Å². The number of hydrogen-bond acceptors (Lipinski definition) is 6. The van der Waals surface area contributed by atoms with Gasteiger partial charge in [-0.05, 0) is 48.4 Å². The number of halogens is 1. The molecule has 1 N–H and O–H groups in total. The number of ether oxygens (including phenoxy) is 1.